The van der Waals surface area contributed by atoms with Gasteiger partial charge >= 0.3 is 0 Å². The molecule has 2 aromatic rings. The summed E-state index contributed by atoms with van der Waals surface area (Å²) in [6, 6.07) is 12.1. The van der Waals surface area contributed by atoms with Crippen molar-refractivity contribution < 1.29 is 14.3 Å². The van der Waals surface area contributed by atoms with E-state index < -0.39 is 5.91 Å². The Balaban J connectivity index is 2.08. The first-order valence-corrected chi connectivity index (χ1v) is 6.64. The molecule has 2 aromatic carbocycles. The number of ether oxygens (including phenoxy) is 2. The van der Waals surface area contributed by atoms with Gasteiger partial charge in [0.15, 0.2) is 0 Å². The lowest BCUT2D eigenvalue weighted by Gasteiger charge is -2.12. The van der Waals surface area contributed by atoms with Crippen LogP contribution >= 0.6 is 0 Å². The summed E-state index contributed by atoms with van der Waals surface area (Å²) >= 11 is 0. The van der Waals surface area contributed by atoms with Gasteiger partial charge in [-0.3, -0.25) is 4.79 Å². The van der Waals surface area contributed by atoms with Crippen LogP contribution in [-0.2, 0) is 6.61 Å². The molecule has 110 valence electrons. The van der Waals surface area contributed by atoms with Gasteiger partial charge < -0.3 is 20.9 Å². The van der Waals surface area contributed by atoms with E-state index in [1.165, 1.54) is 0 Å². The van der Waals surface area contributed by atoms with E-state index in [1.807, 2.05) is 19.1 Å². The molecule has 0 saturated heterocycles. The van der Waals surface area contributed by atoms with Crippen molar-refractivity contribution in [2.75, 3.05) is 12.3 Å². The lowest BCUT2D eigenvalue weighted by Crippen LogP contribution is -2.10. The monoisotopic (exact) mass is 286 g/mol. The van der Waals surface area contributed by atoms with E-state index >= 15 is 0 Å². The van der Waals surface area contributed by atoms with Gasteiger partial charge in [0.1, 0.15) is 18.1 Å². The first-order chi connectivity index (χ1) is 10.1. The first kappa shape index (κ1) is 14.7. The number of anilines is 1. The van der Waals surface area contributed by atoms with Crippen LogP contribution in [0.15, 0.2) is 42.5 Å². The third kappa shape index (κ3) is 3.89. The molecule has 0 spiro atoms. The number of primary amides is 1. The largest absolute Gasteiger partial charge is 0.493 e. The van der Waals surface area contributed by atoms with E-state index in [2.05, 4.69) is 0 Å². The molecule has 0 fully saturated rings. The SMILES string of the molecule is CCOc1ccc(N)cc1COc1ccc(C(N)=O)cc1. The molecular weight excluding hydrogens is 268 g/mol. The van der Waals surface area contributed by atoms with Gasteiger partial charge in [-0.1, -0.05) is 0 Å². The maximum atomic E-state index is 11.0. The Morgan fingerprint density at radius 2 is 1.81 bits per heavy atom. The minimum atomic E-state index is -0.462. The van der Waals surface area contributed by atoms with Crippen LogP contribution in [0.1, 0.15) is 22.8 Å². The fourth-order valence-electron chi connectivity index (χ4n) is 1.88. The number of hydrogen-bond donors (Lipinski definition) is 2. The second-order valence-corrected chi connectivity index (χ2v) is 4.48. The lowest BCUT2D eigenvalue weighted by molar-refractivity contribution is 0.100. The molecule has 0 heterocycles. The van der Waals surface area contributed by atoms with Crippen LogP contribution in [0.4, 0.5) is 5.69 Å². The maximum absolute atomic E-state index is 11.0. The number of nitrogens with two attached hydrogens (primary N) is 2. The molecule has 0 aromatic heterocycles. The molecule has 21 heavy (non-hydrogen) atoms. The van der Waals surface area contributed by atoms with Crippen LogP contribution in [0, 0.1) is 0 Å². The topological polar surface area (TPSA) is 87.6 Å². The molecule has 0 bridgehead atoms. The smallest absolute Gasteiger partial charge is 0.248 e. The Morgan fingerprint density at radius 3 is 2.43 bits per heavy atom. The Hall–Kier alpha value is -2.69. The molecule has 2 rings (SSSR count). The molecule has 0 saturated carbocycles. The van der Waals surface area contributed by atoms with Gasteiger partial charge in [-0.2, -0.15) is 0 Å². The molecular formula is C16H18N2O3. The second-order valence-electron chi connectivity index (χ2n) is 4.48. The fourth-order valence-corrected chi connectivity index (χ4v) is 1.88. The average molecular weight is 286 g/mol. The molecule has 0 aliphatic heterocycles. The van der Waals surface area contributed by atoms with Crippen molar-refractivity contribution >= 4 is 11.6 Å². The zero-order valence-electron chi connectivity index (χ0n) is 11.8. The number of carbonyl (C=O) groups is 1. The summed E-state index contributed by atoms with van der Waals surface area (Å²) in [5.74, 6) is 0.932. The summed E-state index contributed by atoms with van der Waals surface area (Å²) in [5.41, 5.74) is 12.9. The summed E-state index contributed by atoms with van der Waals surface area (Å²) in [4.78, 5) is 11.0. The van der Waals surface area contributed by atoms with Crippen molar-refractivity contribution in [3.63, 3.8) is 0 Å². The van der Waals surface area contributed by atoms with Crippen LogP contribution in [0.2, 0.25) is 0 Å². The summed E-state index contributed by atoms with van der Waals surface area (Å²) in [6.45, 7) is 2.82. The van der Waals surface area contributed by atoms with Crippen molar-refractivity contribution in [2.24, 2.45) is 5.73 Å². The van der Waals surface area contributed by atoms with Crippen LogP contribution in [0.3, 0.4) is 0 Å². The normalized spacial score (nSPS) is 10.1. The van der Waals surface area contributed by atoms with Gasteiger partial charge in [-0.15, -0.1) is 0 Å². The molecule has 5 nitrogen and oxygen atoms in total. The van der Waals surface area contributed by atoms with Crippen molar-refractivity contribution in [2.45, 2.75) is 13.5 Å². The third-order valence-corrected chi connectivity index (χ3v) is 2.92. The van der Waals surface area contributed by atoms with Gasteiger partial charge in [0.25, 0.3) is 0 Å². The molecule has 4 N–H and O–H groups in total. The highest BCUT2D eigenvalue weighted by Crippen LogP contribution is 2.23. The Bertz CT molecular complexity index is 624. The zero-order valence-corrected chi connectivity index (χ0v) is 11.8. The minimum Gasteiger partial charge on any atom is -0.493 e. The third-order valence-electron chi connectivity index (χ3n) is 2.92. The Morgan fingerprint density at radius 1 is 1.10 bits per heavy atom. The molecule has 0 unspecified atom stereocenters. The predicted molar refractivity (Wildman–Crippen MR) is 81.3 cm³/mol. The summed E-state index contributed by atoms with van der Waals surface area (Å²) < 4.78 is 11.2. The van der Waals surface area contributed by atoms with Gasteiger partial charge in [-0.05, 0) is 49.4 Å². The van der Waals surface area contributed by atoms with E-state index in [9.17, 15) is 4.79 Å². The van der Waals surface area contributed by atoms with E-state index in [1.54, 1.807) is 30.3 Å². The highest BCUT2D eigenvalue weighted by molar-refractivity contribution is 5.92. The summed E-state index contributed by atoms with van der Waals surface area (Å²) in [6.07, 6.45) is 0. The van der Waals surface area contributed by atoms with Crippen LogP contribution in [0.25, 0.3) is 0 Å². The van der Waals surface area contributed by atoms with Crippen molar-refractivity contribution in [1.82, 2.24) is 0 Å². The molecule has 5 heteroatoms. The highest BCUT2D eigenvalue weighted by atomic mass is 16.5. The lowest BCUT2D eigenvalue weighted by atomic mass is 10.2. The first-order valence-electron chi connectivity index (χ1n) is 6.64. The zero-order chi connectivity index (χ0) is 15.2. The summed E-state index contributed by atoms with van der Waals surface area (Å²) in [5, 5.41) is 0. The average Bonchev–Trinajstić information content (AvgIpc) is 2.48. The van der Waals surface area contributed by atoms with E-state index in [0.29, 0.717) is 30.2 Å². The molecule has 0 atom stereocenters. The standard InChI is InChI=1S/C16H18N2O3/c1-2-20-15-8-5-13(17)9-12(15)10-21-14-6-3-11(4-7-14)16(18)19/h3-9H,2,10,17H2,1H3,(H2,18,19). The van der Waals surface area contributed by atoms with Gasteiger partial charge in [0.05, 0.1) is 6.61 Å². The van der Waals surface area contributed by atoms with Gasteiger partial charge in [-0.25, -0.2) is 0 Å². The van der Waals surface area contributed by atoms with Crippen LogP contribution in [-0.4, -0.2) is 12.5 Å². The van der Waals surface area contributed by atoms with Crippen LogP contribution in [0.5, 0.6) is 11.5 Å². The van der Waals surface area contributed by atoms with Gasteiger partial charge in [0, 0.05) is 16.8 Å². The van der Waals surface area contributed by atoms with E-state index in [4.69, 9.17) is 20.9 Å². The van der Waals surface area contributed by atoms with E-state index in [0.717, 1.165) is 11.3 Å². The molecule has 0 aliphatic carbocycles. The van der Waals surface area contributed by atoms with E-state index in [-0.39, 0.29) is 0 Å². The highest BCUT2D eigenvalue weighted by Gasteiger charge is 2.06. The molecule has 0 aliphatic rings. The number of nitrogen functional groups attached to an aromatic ring is 1. The van der Waals surface area contributed by atoms with Crippen LogP contribution < -0.4 is 20.9 Å². The predicted octanol–water partition coefficient (Wildman–Crippen LogP) is 2.35. The fraction of sp³-hybridized carbons (Fsp3) is 0.188. The summed E-state index contributed by atoms with van der Waals surface area (Å²) in [7, 11) is 0. The Kier molecular flexibility index (Phi) is 4.66. The minimum absolute atomic E-state index is 0.330. The quantitative estimate of drug-likeness (QED) is 0.798. The number of hydrogen-bond acceptors (Lipinski definition) is 4. The van der Waals surface area contributed by atoms with Crippen molar-refractivity contribution in [3.05, 3.63) is 53.6 Å². The number of rotatable bonds is 6. The Labute approximate surface area is 123 Å². The second kappa shape index (κ2) is 6.65. The van der Waals surface area contributed by atoms with Gasteiger partial charge in [0.2, 0.25) is 5.91 Å². The van der Waals surface area contributed by atoms with Crippen molar-refractivity contribution in [1.29, 1.82) is 0 Å². The maximum Gasteiger partial charge on any atom is 0.248 e. The molecule has 1 amide bonds. The molecule has 0 radical (unpaired) electrons. The number of benzene rings is 2. The number of amides is 1. The van der Waals surface area contributed by atoms with Crippen molar-refractivity contribution in [3.8, 4) is 11.5 Å². The number of carbonyl (C=O) groups excluding carboxylic acids is 1.